The van der Waals surface area contributed by atoms with Crippen molar-refractivity contribution < 1.29 is 110 Å². The molecule has 0 saturated heterocycles. The van der Waals surface area contributed by atoms with E-state index in [9.17, 15) is 46.0 Å². The number of ether oxygens (including phenoxy) is 1. The fraction of sp³-hybridized carbons (Fsp3) is 0.0690. The van der Waals surface area contributed by atoms with Crippen molar-refractivity contribution in [2.45, 2.75) is 15.5 Å². The fourth-order valence-electron chi connectivity index (χ4n) is 4.86. The van der Waals surface area contributed by atoms with E-state index >= 15 is 0 Å². The zero-order valence-electron chi connectivity index (χ0n) is 24.5. The van der Waals surface area contributed by atoms with Crippen molar-refractivity contribution in [1.82, 2.24) is 0 Å². The first-order valence-corrected chi connectivity index (χ1v) is 15.5. The van der Waals surface area contributed by atoms with Gasteiger partial charge in [-0.15, -0.1) is 0 Å². The Morgan fingerprint density at radius 3 is 2.07 bits per heavy atom. The third-order valence-corrected chi connectivity index (χ3v) is 9.48. The number of hydrogen-bond acceptors (Lipinski definition) is 12. The number of carbonyl (C=O) groups is 3. The van der Waals surface area contributed by atoms with Crippen molar-refractivity contribution in [2.75, 3.05) is 18.2 Å². The summed E-state index contributed by atoms with van der Waals surface area (Å²) in [6.07, 6.45) is 0. The molecule has 0 aromatic heterocycles. The number of sulfone groups is 1. The maximum absolute atomic E-state index is 13.6. The first-order valence-electron chi connectivity index (χ1n) is 12.5. The second kappa shape index (κ2) is 13.9. The van der Waals surface area contributed by atoms with Gasteiger partial charge in [-0.05, 0) is 41.5 Å². The number of hydrogen-bond donors (Lipinski definition) is 3. The molecular weight excluding hydrogens is 662 g/mol. The van der Waals surface area contributed by atoms with Gasteiger partial charge >= 0.3 is 59.1 Å². The summed E-state index contributed by atoms with van der Waals surface area (Å²) in [6, 6.07) is 13.2. The van der Waals surface area contributed by atoms with Gasteiger partial charge in [0.1, 0.15) is 10.6 Å². The second-order valence-electron chi connectivity index (χ2n) is 9.63. The molecule has 0 bridgehead atoms. The van der Waals surface area contributed by atoms with Crippen LogP contribution in [0, 0.1) is 0 Å². The van der Waals surface area contributed by atoms with Crippen LogP contribution in [0.5, 0.6) is 11.5 Å². The predicted molar refractivity (Wildman–Crippen MR) is 151 cm³/mol. The summed E-state index contributed by atoms with van der Waals surface area (Å²) in [5.41, 5.74) is 3.73. The van der Waals surface area contributed by atoms with E-state index in [1.807, 2.05) is 0 Å². The topological polar surface area (TPSA) is 233 Å². The van der Waals surface area contributed by atoms with Crippen LogP contribution in [0.15, 0.2) is 76.5 Å². The molecule has 13 nitrogen and oxygen atoms in total. The Morgan fingerprint density at radius 1 is 0.891 bits per heavy atom. The summed E-state index contributed by atoms with van der Waals surface area (Å²) >= 11 is 0. The van der Waals surface area contributed by atoms with Crippen molar-refractivity contribution in [1.29, 1.82) is 0 Å². The number of nitrogens with one attached hydrogen (secondary N) is 1. The normalized spacial score (nSPS) is 12.2. The molecule has 0 saturated carbocycles. The van der Waals surface area contributed by atoms with E-state index in [4.69, 9.17) is 10.5 Å². The largest absolute Gasteiger partial charge is 1.00 e. The van der Waals surface area contributed by atoms with Crippen LogP contribution in [0.4, 0.5) is 17.1 Å². The maximum atomic E-state index is 13.6. The van der Waals surface area contributed by atoms with E-state index in [1.165, 1.54) is 49.6 Å². The van der Waals surface area contributed by atoms with Gasteiger partial charge in [0.15, 0.2) is 21.4 Å². The smallest absolute Gasteiger partial charge is 0.872 e. The summed E-state index contributed by atoms with van der Waals surface area (Å²) in [7, 11) is -7.93. The third kappa shape index (κ3) is 6.88. The van der Waals surface area contributed by atoms with Crippen molar-refractivity contribution in [3.05, 3.63) is 100 Å². The molecule has 1 aliphatic rings. The van der Waals surface area contributed by atoms with Crippen molar-refractivity contribution >= 4 is 54.6 Å². The molecule has 4 aromatic rings. The van der Waals surface area contributed by atoms with Gasteiger partial charge in [0.2, 0.25) is 0 Å². The zero-order valence-corrected chi connectivity index (χ0v) is 30.1. The Hall–Kier alpha value is -3.25. The first-order chi connectivity index (χ1) is 20.6. The number of anilines is 3. The molecule has 0 aliphatic heterocycles. The molecule has 0 spiro atoms. The Balaban J connectivity index is 0.00000288. The number of nitrogens with two attached hydrogens (primary N) is 1. The Morgan fingerprint density at radius 2 is 1.50 bits per heavy atom. The average molecular weight is 683 g/mol. The molecule has 0 heterocycles. The van der Waals surface area contributed by atoms with Crippen LogP contribution in [0.25, 0.3) is 0 Å². The van der Waals surface area contributed by atoms with Crippen LogP contribution >= 0.6 is 0 Å². The van der Waals surface area contributed by atoms with Gasteiger partial charge in [0.25, 0.3) is 10.1 Å². The molecular formula is C29H20N2Na2O11S2. The number of rotatable bonds is 8. The van der Waals surface area contributed by atoms with Crippen LogP contribution in [0.3, 0.4) is 0 Å². The van der Waals surface area contributed by atoms with Gasteiger partial charge in [0, 0.05) is 11.1 Å². The fourth-order valence-corrected chi connectivity index (χ4v) is 6.86. The molecule has 17 heteroatoms. The van der Waals surface area contributed by atoms with E-state index < -0.39 is 75.6 Å². The molecule has 4 N–H and O–H groups in total. The molecule has 5 rings (SSSR count). The summed E-state index contributed by atoms with van der Waals surface area (Å²) in [5, 5.41) is 25.8. The number of carboxylic acids is 1. The molecule has 0 unspecified atom stereocenters. The van der Waals surface area contributed by atoms with Gasteiger partial charge in [-0.1, -0.05) is 42.1 Å². The number of ketones is 2. The number of carboxylic acid groups (broad SMARTS) is 1. The molecule has 0 radical (unpaired) electrons. The predicted octanol–water partition coefficient (Wildman–Crippen LogP) is -4.54. The van der Waals surface area contributed by atoms with Crippen LogP contribution in [-0.4, -0.2) is 46.0 Å². The quantitative estimate of drug-likeness (QED) is 0.0796. The van der Waals surface area contributed by atoms with E-state index in [0.29, 0.717) is 6.07 Å². The van der Waals surface area contributed by atoms with Crippen LogP contribution in [0.1, 0.15) is 47.8 Å². The van der Waals surface area contributed by atoms with Crippen molar-refractivity contribution in [3.8, 4) is 11.5 Å². The Kier molecular flexibility index (Phi) is 11.2. The van der Waals surface area contributed by atoms with E-state index in [1.54, 1.807) is 0 Å². The molecule has 0 atom stereocenters. The van der Waals surface area contributed by atoms with Crippen LogP contribution < -0.4 is 85.1 Å². The third-order valence-electron chi connectivity index (χ3n) is 6.90. The molecule has 226 valence electrons. The van der Waals surface area contributed by atoms with Gasteiger partial charge in [0.05, 0.1) is 51.9 Å². The van der Waals surface area contributed by atoms with Gasteiger partial charge in [-0.3, -0.25) is 14.1 Å². The number of aromatic carboxylic acids is 1. The molecule has 4 aromatic carbocycles. The average Bonchev–Trinajstić information content (AvgIpc) is 2.96. The monoisotopic (exact) mass is 682 g/mol. The van der Waals surface area contributed by atoms with Gasteiger partial charge in [-0.25, -0.2) is 8.42 Å². The number of methoxy groups -OCH3 is 1. The maximum Gasteiger partial charge on any atom is 1.00 e. The first kappa shape index (κ1) is 37.2. The Bertz CT molecular complexity index is 2150. The number of nitrogen functional groups attached to an aromatic ring is 1. The molecule has 0 amide bonds. The number of fused-ring (bicyclic) bond motifs is 2. The molecule has 0 fully saturated rings. The minimum absolute atomic E-state index is 0. The summed E-state index contributed by atoms with van der Waals surface area (Å²) in [5.74, 6) is -4.77. The summed E-state index contributed by atoms with van der Waals surface area (Å²) < 4.78 is 66.0. The summed E-state index contributed by atoms with van der Waals surface area (Å²) in [4.78, 5) is 37.0. The van der Waals surface area contributed by atoms with E-state index in [2.05, 4.69) is 5.32 Å². The van der Waals surface area contributed by atoms with Crippen LogP contribution in [0.2, 0.25) is 0 Å². The Labute approximate surface area is 307 Å². The minimum Gasteiger partial charge on any atom is -0.872 e. The van der Waals surface area contributed by atoms with Crippen molar-refractivity contribution in [3.63, 3.8) is 0 Å². The van der Waals surface area contributed by atoms with E-state index in [-0.39, 0.29) is 98.5 Å². The minimum atomic E-state index is -5.00. The summed E-state index contributed by atoms with van der Waals surface area (Å²) in [6.45, 7) is 0. The second-order valence-corrected chi connectivity index (χ2v) is 13.0. The van der Waals surface area contributed by atoms with Crippen molar-refractivity contribution in [2.24, 2.45) is 0 Å². The molecule has 1 aliphatic carbocycles. The zero-order chi connectivity index (χ0) is 32.1. The molecule has 46 heavy (non-hydrogen) atoms. The van der Waals surface area contributed by atoms with E-state index in [0.717, 1.165) is 18.2 Å². The number of carbonyl (C=O) groups excluding carboxylic acids is 3. The van der Waals surface area contributed by atoms with Gasteiger partial charge < -0.3 is 30.8 Å². The van der Waals surface area contributed by atoms with Crippen LogP contribution in [-0.2, 0) is 25.7 Å². The van der Waals surface area contributed by atoms with Gasteiger partial charge in [-0.2, -0.15) is 8.42 Å². The standard InChI is InChI=1S/C29H22N2O11S2.2Na/c1-42-22-9-6-14(13-43(37,38)15-7-8-21(32)18(11-15)29(35)36)10-19(22)31-20-12-23(44(39,40)41)26(30)25-24(20)27(33)16-4-2-3-5-17(16)28(25)34;;/h2-12,31-32H,13,30H2,1H3,(H,35,36)(H,39,40,41);;/q;2*+1/p-2. The number of benzene rings is 4. The SMILES string of the molecule is COc1ccc(CS(=O)(=O)c2ccc([O-])c(C(=O)[O-])c2)cc1Nc1cc(S(=O)(=O)O)c(N)c2c1C(=O)c1ccccc1C2=O.[Na+].[Na+].